The zero-order valence-corrected chi connectivity index (χ0v) is 20.3. The van der Waals surface area contributed by atoms with Crippen LogP contribution in [0.5, 0.6) is 0 Å². The summed E-state index contributed by atoms with van der Waals surface area (Å²) in [5.74, 6) is -0.0447. The third-order valence-corrected chi connectivity index (χ3v) is 7.66. The molecule has 37 heavy (non-hydrogen) atoms. The normalized spacial score (nSPS) is 20.8. The lowest BCUT2D eigenvalue weighted by Gasteiger charge is -2.44. The van der Waals surface area contributed by atoms with Crippen molar-refractivity contribution in [2.24, 2.45) is 0 Å². The molecule has 2 unspecified atom stereocenters. The fourth-order valence-corrected chi connectivity index (χ4v) is 5.89. The Bertz CT molecular complexity index is 1350. The first kappa shape index (κ1) is 23.8. The lowest BCUT2D eigenvalue weighted by molar-refractivity contribution is -0.138. The highest BCUT2D eigenvalue weighted by Crippen LogP contribution is 2.45. The van der Waals surface area contributed by atoms with Gasteiger partial charge in [-0.15, -0.1) is 0 Å². The zero-order chi connectivity index (χ0) is 25.7. The third-order valence-electron chi connectivity index (χ3n) is 7.66. The van der Waals surface area contributed by atoms with E-state index in [9.17, 15) is 18.0 Å². The van der Waals surface area contributed by atoms with Gasteiger partial charge in [0.05, 0.1) is 30.9 Å². The number of fused-ring (bicyclic) bond motifs is 5. The van der Waals surface area contributed by atoms with Crippen LogP contribution in [0.4, 0.5) is 18.0 Å². The third kappa shape index (κ3) is 4.21. The van der Waals surface area contributed by atoms with Crippen molar-refractivity contribution >= 4 is 11.7 Å². The van der Waals surface area contributed by atoms with Gasteiger partial charge < -0.3 is 9.47 Å². The Hall–Kier alpha value is -3.58. The van der Waals surface area contributed by atoms with Gasteiger partial charge in [-0.25, -0.2) is 4.79 Å². The zero-order valence-electron chi connectivity index (χ0n) is 20.3. The molecule has 2 atom stereocenters. The molecule has 1 fully saturated rings. The summed E-state index contributed by atoms with van der Waals surface area (Å²) in [7, 11) is 0. The van der Waals surface area contributed by atoms with Crippen molar-refractivity contribution < 1.29 is 27.4 Å². The van der Waals surface area contributed by atoms with Crippen molar-refractivity contribution in [3.8, 4) is 11.1 Å². The van der Waals surface area contributed by atoms with E-state index < -0.39 is 23.9 Å². The first-order valence-electron chi connectivity index (χ1n) is 12.4. The summed E-state index contributed by atoms with van der Waals surface area (Å²) in [4.78, 5) is 15.0. The van der Waals surface area contributed by atoms with Crippen LogP contribution in [0.15, 0.2) is 72.8 Å². The van der Waals surface area contributed by atoms with Gasteiger partial charge in [0.2, 0.25) is 0 Å². The largest absolute Gasteiger partial charge is 0.448 e. The molecule has 0 aromatic heterocycles. The standard InChI is InChI=1S/C30H26F3NO3/c1-18-10-11-19(14-28(18)30(31,32)33)20-12-21-15-36-16-22(13-20)34(21)29(35)37-17-27-25-8-4-2-6-23(25)24-7-3-5-9-26(24)27/h2-12,14,21-22,27H,13,15-17H2,1H3. The highest BCUT2D eigenvalue weighted by Gasteiger charge is 2.40. The van der Waals surface area contributed by atoms with Crippen molar-refractivity contribution in [3.63, 3.8) is 0 Å². The van der Waals surface area contributed by atoms with Gasteiger partial charge in [0, 0.05) is 5.92 Å². The molecule has 2 bridgehead atoms. The predicted molar refractivity (Wildman–Crippen MR) is 134 cm³/mol. The number of amides is 1. The number of morpholine rings is 1. The summed E-state index contributed by atoms with van der Waals surface area (Å²) < 4.78 is 52.0. The molecule has 1 amide bonds. The highest BCUT2D eigenvalue weighted by atomic mass is 19.4. The minimum absolute atomic E-state index is 0.0447. The van der Waals surface area contributed by atoms with Crippen molar-refractivity contribution in [3.05, 3.63) is 101 Å². The number of aryl methyl sites for hydroxylation is 1. The number of rotatable bonds is 3. The van der Waals surface area contributed by atoms with Crippen LogP contribution in [0.1, 0.15) is 40.2 Å². The van der Waals surface area contributed by atoms with Crippen molar-refractivity contribution in [2.45, 2.75) is 37.5 Å². The Kier molecular flexibility index (Phi) is 5.83. The fraction of sp³-hybridized carbons (Fsp3) is 0.300. The van der Waals surface area contributed by atoms with E-state index in [1.54, 1.807) is 11.0 Å². The van der Waals surface area contributed by atoms with Crippen molar-refractivity contribution in [1.29, 1.82) is 0 Å². The van der Waals surface area contributed by atoms with E-state index in [1.165, 1.54) is 19.1 Å². The maximum absolute atomic E-state index is 13.5. The quantitative estimate of drug-likeness (QED) is 0.392. The van der Waals surface area contributed by atoms with Crippen LogP contribution >= 0.6 is 0 Å². The van der Waals surface area contributed by atoms with Gasteiger partial charge in [0.25, 0.3) is 0 Å². The van der Waals surface area contributed by atoms with Gasteiger partial charge in [-0.2, -0.15) is 13.2 Å². The van der Waals surface area contributed by atoms with E-state index in [0.29, 0.717) is 18.6 Å². The van der Waals surface area contributed by atoms with E-state index in [-0.39, 0.29) is 30.7 Å². The molecule has 2 aliphatic heterocycles. The molecule has 6 rings (SSSR count). The lowest BCUT2D eigenvalue weighted by atomic mass is 9.88. The first-order valence-corrected chi connectivity index (χ1v) is 12.4. The molecule has 0 spiro atoms. The van der Waals surface area contributed by atoms with Gasteiger partial charge >= 0.3 is 12.3 Å². The van der Waals surface area contributed by atoms with Crippen molar-refractivity contribution in [2.75, 3.05) is 19.8 Å². The van der Waals surface area contributed by atoms with Gasteiger partial charge in [0.15, 0.2) is 0 Å². The van der Waals surface area contributed by atoms with Gasteiger partial charge in [0.1, 0.15) is 6.61 Å². The highest BCUT2D eigenvalue weighted by molar-refractivity contribution is 5.79. The van der Waals surface area contributed by atoms with Crippen LogP contribution in [0.25, 0.3) is 16.7 Å². The van der Waals surface area contributed by atoms with Crippen LogP contribution in [0.2, 0.25) is 0 Å². The molecule has 3 aromatic carbocycles. The molecular weight excluding hydrogens is 479 g/mol. The van der Waals surface area contributed by atoms with Crippen LogP contribution in [0, 0.1) is 6.92 Å². The van der Waals surface area contributed by atoms with Crippen molar-refractivity contribution in [1.82, 2.24) is 4.90 Å². The predicted octanol–water partition coefficient (Wildman–Crippen LogP) is 6.82. The van der Waals surface area contributed by atoms with E-state index in [2.05, 4.69) is 24.3 Å². The van der Waals surface area contributed by atoms with Gasteiger partial charge in [-0.3, -0.25) is 4.90 Å². The second-order valence-electron chi connectivity index (χ2n) is 9.89. The Morgan fingerprint density at radius 3 is 2.32 bits per heavy atom. The number of nitrogens with zero attached hydrogens (tertiary/aromatic N) is 1. The molecule has 7 heteroatoms. The molecular formula is C30H26F3NO3. The second kappa shape index (κ2) is 9.06. The molecule has 190 valence electrons. The van der Waals surface area contributed by atoms with E-state index >= 15 is 0 Å². The number of benzene rings is 3. The maximum atomic E-state index is 13.5. The van der Waals surface area contributed by atoms with E-state index in [1.807, 2.05) is 30.3 Å². The Morgan fingerprint density at radius 1 is 1.00 bits per heavy atom. The lowest BCUT2D eigenvalue weighted by Crippen LogP contribution is -2.56. The molecule has 1 saturated heterocycles. The van der Waals surface area contributed by atoms with Crippen LogP contribution in [-0.2, 0) is 15.7 Å². The molecule has 2 heterocycles. The summed E-state index contributed by atoms with van der Waals surface area (Å²) in [5.41, 5.74) is 5.48. The summed E-state index contributed by atoms with van der Waals surface area (Å²) in [5, 5.41) is 0. The molecule has 4 nitrogen and oxygen atoms in total. The number of halogens is 3. The number of carbonyl (C=O) groups is 1. The summed E-state index contributed by atoms with van der Waals surface area (Å²) in [6, 6.07) is 20.1. The number of hydrogen-bond acceptors (Lipinski definition) is 3. The average molecular weight is 506 g/mol. The molecule has 1 aliphatic carbocycles. The topological polar surface area (TPSA) is 38.8 Å². The molecule has 0 saturated carbocycles. The maximum Gasteiger partial charge on any atom is 0.416 e. The smallest absolute Gasteiger partial charge is 0.416 e. The Balaban J connectivity index is 1.22. The Labute approximate surface area is 213 Å². The minimum Gasteiger partial charge on any atom is -0.448 e. The summed E-state index contributed by atoms with van der Waals surface area (Å²) >= 11 is 0. The number of alkyl halides is 3. The average Bonchev–Trinajstić information content (AvgIpc) is 3.20. The summed E-state index contributed by atoms with van der Waals surface area (Å²) in [6.45, 7) is 2.27. The van der Waals surface area contributed by atoms with E-state index in [4.69, 9.17) is 9.47 Å². The number of ether oxygens (including phenoxy) is 2. The first-order chi connectivity index (χ1) is 17.8. The van der Waals surface area contributed by atoms with Gasteiger partial charge in [-0.05, 0) is 58.4 Å². The second-order valence-corrected chi connectivity index (χ2v) is 9.89. The fourth-order valence-electron chi connectivity index (χ4n) is 5.89. The van der Waals surface area contributed by atoms with Gasteiger partial charge in [-0.1, -0.05) is 66.7 Å². The molecule has 3 aliphatic rings. The van der Waals surface area contributed by atoms with Crippen LogP contribution in [-0.4, -0.2) is 42.9 Å². The monoisotopic (exact) mass is 505 g/mol. The number of hydrogen-bond donors (Lipinski definition) is 0. The summed E-state index contributed by atoms with van der Waals surface area (Å²) in [6.07, 6.45) is -2.58. The molecule has 0 radical (unpaired) electrons. The Morgan fingerprint density at radius 2 is 1.68 bits per heavy atom. The van der Waals surface area contributed by atoms with Crippen LogP contribution in [0.3, 0.4) is 0 Å². The number of carbonyl (C=O) groups excluding carboxylic acids is 1. The molecule has 3 aromatic rings. The molecule has 0 N–H and O–H groups in total. The SMILES string of the molecule is Cc1ccc(C2=CC3COCC(C2)N3C(=O)OCC2c3ccccc3-c3ccccc32)cc1C(F)(F)F. The minimum atomic E-state index is -4.42. The van der Waals surface area contributed by atoms with E-state index in [0.717, 1.165) is 27.8 Å². The van der Waals surface area contributed by atoms with Crippen LogP contribution < -0.4 is 0 Å².